The number of halogens is 8. The van der Waals surface area contributed by atoms with Gasteiger partial charge >= 0.3 is 18.3 Å². The second-order valence-electron chi connectivity index (χ2n) is 2.95. The van der Waals surface area contributed by atoms with Crippen LogP contribution in [0.15, 0.2) is 0 Å². The number of alkyl halides is 8. The molecular formula is C7H8F8O. The van der Waals surface area contributed by atoms with Gasteiger partial charge in [-0.3, -0.25) is 0 Å². The summed E-state index contributed by atoms with van der Waals surface area (Å²) in [6.45, 7) is -1.38. The van der Waals surface area contributed by atoms with Crippen LogP contribution in [0.3, 0.4) is 0 Å². The molecule has 1 unspecified atom stereocenters. The summed E-state index contributed by atoms with van der Waals surface area (Å²) in [4.78, 5) is 0. The van der Waals surface area contributed by atoms with E-state index in [1.807, 2.05) is 0 Å². The maximum Gasteiger partial charge on any atom is 0.455 e. The maximum atomic E-state index is 12.2. The second-order valence-corrected chi connectivity index (χ2v) is 2.95. The van der Waals surface area contributed by atoms with Gasteiger partial charge in [-0.15, -0.1) is 0 Å². The SMILES string of the molecule is CCC(OCC(F)(F)C(F)(F)F)C(F)(F)F. The van der Waals surface area contributed by atoms with Gasteiger partial charge in [0.1, 0.15) is 6.61 Å². The zero-order chi connectivity index (χ0) is 13.2. The fraction of sp³-hybridized carbons (Fsp3) is 1.00. The molecule has 0 aromatic rings. The van der Waals surface area contributed by atoms with Crippen LogP contribution in [0.1, 0.15) is 13.3 Å². The van der Waals surface area contributed by atoms with Gasteiger partial charge in [0.05, 0.1) is 0 Å². The Morgan fingerprint density at radius 2 is 1.38 bits per heavy atom. The van der Waals surface area contributed by atoms with Crippen molar-refractivity contribution in [2.75, 3.05) is 6.61 Å². The molecule has 0 aliphatic rings. The van der Waals surface area contributed by atoms with E-state index in [0.717, 1.165) is 6.92 Å². The van der Waals surface area contributed by atoms with E-state index in [1.54, 1.807) is 0 Å². The van der Waals surface area contributed by atoms with Crippen molar-refractivity contribution in [2.45, 2.75) is 37.7 Å². The molecule has 98 valence electrons. The minimum Gasteiger partial charge on any atom is -0.362 e. The van der Waals surface area contributed by atoms with E-state index in [2.05, 4.69) is 4.74 Å². The van der Waals surface area contributed by atoms with Crippen molar-refractivity contribution in [3.8, 4) is 0 Å². The highest BCUT2D eigenvalue weighted by Crippen LogP contribution is 2.36. The lowest BCUT2D eigenvalue weighted by atomic mass is 10.2. The molecule has 0 spiro atoms. The second kappa shape index (κ2) is 4.72. The topological polar surface area (TPSA) is 9.23 Å². The van der Waals surface area contributed by atoms with Gasteiger partial charge in [-0.1, -0.05) is 6.92 Å². The molecule has 0 fully saturated rings. The average molecular weight is 260 g/mol. The van der Waals surface area contributed by atoms with Crippen molar-refractivity contribution in [1.82, 2.24) is 0 Å². The first kappa shape index (κ1) is 15.4. The summed E-state index contributed by atoms with van der Waals surface area (Å²) >= 11 is 0. The summed E-state index contributed by atoms with van der Waals surface area (Å²) < 4.78 is 98.5. The molecule has 0 N–H and O–H groups in total. The third-order valence-electron chi connectivity index (χ3n) is 1.62. The lowest BCUT2D eigenvalue weighted by Crippen LogP contribution is -2.44. The molecule has 0 rings (SSSR count). The normalized spacial score (nSPS) is 16.3. The number of rotatable bonds is 4. The molecule has 0 saturated heterocycles. The minimum atomic E-state index is -5.92. The highest BCUT2D eigenvalue weighted by molar-refractivity contribution is 4.77. The Hall–Kier alpha value is -0.600. The predicted octanol–water partition coefficient (Wildman–Crippen LogP) is 3.54. The summed E-state index contributed by atoms with van der Waals surface area (Å²) in [6.07, 6.45) is -14.2. The van der Waals surface area contributed by atoms with Gasteiger partial charge < -0.3 is 4.74 Å². The lowest BCUT2D eigenvalue weighted by Gasteiger charge is -2.24. The Labute approximate surface area is 85.4 Å². The van der Waals surface area contributed by atoms with Gasteiger partial charge in [-0.2, -0.15) is 35.1 Å². The van der Waals surface area contributed by atoms with E-state index in [-0.39, 0.29) is 0 Å². The van der Waals surface area contributed by atoms with Gasteiger partial charge in [0.2, 0.25) is 0 Å². The van der Waals surface area contributed by atoms with Crippen molar-refractivity contribution in [3.63, 3.8) is 0 Å². The van der Waals surface area contributed by atoms with Crippen LogP contribution < -0.4 is 0 Å². The highest BCUT2D eigenvalue weighted by Gasteiger charge is 2.58. The standard InChI is InChI=1S/C7H8F8O/c1-2-4(6(10,11)12)16-3-5(8,9)7(13,14)15/h4H,2-3H2,1H3. The van der Waals surface area contributed by atoms with E-state index < -0.39 is 37.4 Å². The fourth-order valence-electron chi connectivity index (χ4n) is 0.731. The largest absolute Gasteiger partial charge is 0.455 e. The summed E-state index contributed by atoms with van der Waals surface area (Å²) in [5.74, 6) is -5.29. The number of hydrogen-bond donors (Lipinski definition) is 0. The zero-order valence-corrected chi connectivity index (χ0v) is 7.92. The molecule has 0 heterocycles. The first-order valence-corrected chi connectivity index (χ1v) is 4.04. The van der Waals surface area contributed by atoms with Crippen LogP contribution in [0.2, 0.25) is 0 Å². The fourth-order valence-corrected chi connectivity index (χ4v) is 0.731. The van der Waals surface area contributed by atoms with Crippen LogP contribution in [0, 0.1) is 0 Å². The van der Waals surface area contributed by atoms with Crippen LogP contribution in [-0.2, 0) is 4.74 Å². The Morgan fingerprint density at radius 3 is 1.62 bits per heavy atom. The third kappa shape index (κ3) is 4.11. The Balaban J connectivity index is 4.44. The number of ether oxygens (including phenoxy) is 1. The van der Waals surface area contributed by atoms with Gasteiger partial charge in [0, 0.05) is 0 Å². The Kier molecular flexibility index (Phi) is 4.55. The Morgan fingerprint density at radius 1 is 0.938 bits per heavy atom. The summed E-state index contributed by atoms with van der Waals surface area (Å²) in [6, 6.07) is 0. The van der Waals surface area contributed by atoms with E-state index in [9.17, 15) is 35.1 Å². The quantitative estimate of drug-likeness (QED) is 0.702. The summed E-state index contributed by atoms with van der Waals surface area (Å²) in [5.41, 5.74) is 0. The summed E-state index contributed by atoms with van der Waals surface area (Å²) in [7, 11) is 0. The highest BCUT2D eigenvalue weighted by atomic mass is 19.4. The molecular weight excluding hydrogens is 252 g/mol. The molecule has 0 amide bonds. The molecule has 1 atom stereocenters. The number of hydrogen-bond acceptors (Lipinski definition) is 1. The smallest absolute Gasteiger partial charge is 0.362 e. The Bertz CT molecular complexity index is 217. The van der Waals surface area contributed by atoms with Gasteiger partial charge in [-0.25, -0.2) is 0 Å². The van der Waals surface area contributed by atoms with E-state index in [0.29, 0.717) is 0 Å². The van der Waals surface area contributed by atoms with E-state index in [1.165, 1.54) is 0 Å². The monoisotopic (exact) mass is 260 g/mol. The predicted molar refractivity (Wildman–Crippen MR) is 37.1 cm³/mol. The first-order valence-electron chi connectivity index (χ1n) is 4.04. The van der Waals surface area contributed by atoms with Gasteiger partial charge in [0.25, 0.3) is 0 Å². The van der Waals surface area contributed by atoms with Crippen LogP contribution in [0.25, 0.3) is 0 Å². The molecule has 0 aromatic carbocycles. The maximum absolute atomic E-state index is 12.2. The molecule has 0 saturated carbocycles. The van der Waals surface area contributed by atoms with Crippen molar-refractivity contribution in [3.05, 3.63) is 0 Å². The van der Waals surface area contributed by atoms with Crippen molar-refractivity contribution in [2.24, 2.45) is 0 Å². The van der Waals surface area contributed by atoms with E-state index >= 15 is 0 Å². The van der Waals surface area contributed by atoms with Crippen LogP contribution in [-0.4, -0.2) is 31.0 Å². The third-order valence-corrected chi connectivity index (χ3v) is 1.62. The minimum absolute atomic E-state index is 0.739. The first-order chi connectivity index (χ1) is 6.92. The lowest BCUT2D eigenvalue weighted by molar-refractivity contribution is -0.313. The van der Waals surface area contributed by atoms with Crippen LogP contribution >= 0.6 is 0 Å². The van der Waals surface area contributed by atoms with Gasteiger partial charge in [0.15, 0.2) is 6.10 Å². The average Bonchev–Trinajstić information content (AvgIpc) is 2.00. The zero-order valence-electron chi connectivity index (χ0n) is 7.92. The van der Waals surface area contributed by atoms with E-state index in [4.69, 9.17) is 0 Å². The van der Waals surface area contributed by atoms with Gasteiger partial charge in [-0.05, 0) is 6.42 Å². The van der Waals surface area contributed by atoms with Crippen LogP contribution in [0.5, 0.6) is 0 Å². The molecule has 9 heteroatoms. The van der Waals surface area contributed by atoms with Crippen molar-refractivity contribution < 1.29 is 39.9 Å². The summed E-state index contributed by atoms with van der Waals surface area (Å²) in [5, 5.41) is 0. The van der Waals surface area contributed by atoms with Crippen molar-refractivity contribution >= 4 is 0 Å². The molecule has 0 aliphatic heterocycles. The molecule has 16 heavy (non-hydrogen) atoms. The molecule has 0 bridgehead atoms. The molecule has 0 aliphatic carbocycles. The molecule has 0 aromatic heterocycles. The molecule has 1 nitrogen and oxygen atoms in total. The van der Waals surface area contributed by atoms with Crippen molar-refractivity contribution in [1.29, 1.82) is 0 Å². The molecule has 0 radical (unpaired) electrons. The van der Waals surface area contributed by atoms with Crippen LogP contribution in [0.4, 0.5) is 35.1 Å².